The molecule has 4 heteroatoms. The lowest BCUT2D eigenvalue weighted by atomic mass is 10.1. The molecule has 1 aromatic rings. The van der Waals surface area contributed by atoms with Crippen molar-refractivity contribution in [2.75, 3.05) is 6.61 Å². The van der Waals surface area contributed by atoms with Gasteiger partial charge >= 0.3 is 0 Å². The standard InChI is InChI=1S/C16H26N2O2/c1-5-6-12(3)18-16(19)10-20-15-8-7-11(2)9-14(15)13(4)17/h7-9,12-13H,5-6,10,17H2,1-4H3,(H,18,19)/t12?,13-/m1/s1. The van der Waals surface area contributed by atoms with E-state index in [9.17, 15) is 4.79 Å². The predicted octanol–water partition coefficient (Wildman–Crippen LogP) is 2.70. The van der Waals surface area contributed by atoms with Gasteiger partial charge in [-0.05, 0) is 33.3 Å². The number of aryl methyl sites for hydroxylation is 1. The van der Waals surface area contributed by atoms with Gasteiger partial charge in [0, 0.05) is 17.6 Å². The van der Waals surface area contributed by atoms with E-state index in [0.717, 1.165) is 24.0 Å². The molecule has 0 fully saturated rings. The molecule has 0 aliphatic heterocycles. The third-order valence-electron chi connectivity index (χ3n) is 3.14. The van der Waals surface area contributed by atoms with E-state index in [-0.39, 0.29) is 24.6 Å². The Bertz CT molecular complexity index is 444. The van der Waals surface area contributed by atoms with Crippen LogP contribution in [0.5, 0.6) is 5.75 Å². The largest absolute Gasteiger partial charge is 0.483 e. The zero-order chi connectivity index (χ0) is 15.1. The van der Waals surface area contributed by atoms with E-state index < -0.39 is 0 Å². The van der Waals surface area contributed by atoms with Crippen molar-refractivity contribution in [3.05, 3.63) is 29.3 Å². The van der Waals surface area contributed by atoms with Gasteiger partial charge in [-0.2, -0.15) is 0 Å². The molecule has 0 heterocycles. The summed E-state index contributed by atoms with van der Waals surface area (Å²) in [5.74, 6) is 0.589. The number of carbonyl (C=O) groups excluding carboxylic acids is 1. The molecule has 1 rings (SSSR count). The molecular weight excluding hydrogens is 252 g/mol. The second kappa shape index (κ2) is 7.90. The smallest absolute Gasteiger partial charge is 0.258 e. The molecule has 0 aliphatic carbocycles. The maximum Gasteiger partial charge on any atom is 0.258 e. The highest BCUT2D eigenvalue weighted by Crippen LogP contribution is 2.24. The van der Waals surface area contributed by atoms with Crippen molar-refractivity contribution in [1.82, 2.24) is 5.32 Å². The minimum Gasteiger partial charge on any atom is -0.483 e. The van der Waals surface area contributed by atoms with E-state index in [0.29, 0.717) is 5.75 Å². The van der Waals surface area contributed by atoms with Gasteiger partial charge in [-0.15, -0.1) is 0 Å². The van der Waals surface area contributed by atoms with Gasteiger partial charge in [0.2, 0.25) is 0 Å². The SMILES string of the molecule is CCCC(C)NC(=O)COc1ccc(C)cc1[C@@H](C)N. The topological polar surface area (TPSA) is 64.3 Å². The molecule has 4 nitrogen and oxygen atoms in total. The number of nitrogens with two attached hydrogens (primary N) is 1. The Balaban J connectivity index is 2.59. The third kappa shape index (κ3) is 5.21. The Morgan fingerprint density at radius 3 is 2.70 bits per heavy atom. The highest BCUT2D eigenvalue weighted by molar-refractivity contribution is 5.77. The molecule has 0 radical (unpaired) electrons. The van der Waals surface area contributed by atoms with Gasteiger partial charge in [-0.1, -0.05) is 31.0 Å². The summed E-state index contributed by atoms with van der Waals surface area (Å²) in [5, 5.41) is 2.92. The molecule has 0 aliphatic rings. The molecule has 1 unspecified atom stereocenters. The van der Waals surface area contributed by atoms with Gasteiger partial charge in [0.15, 0.2) is 6.61 Å². The first-order chi connectivity index (χ1) is 9.43. The van der Waals surface area contributed by atoms with Crippen LogP contribution < -0.4 is 15.8 Å². The van der Waals surface area contributed by atoms with Crippen LogP contribution in [0.25, 0.3) is 0 Å². The molecule has 112 valence electrons. The number of nitrogens with one attached hydrogen (secondary N) is 1. The summed E-state index contributed by atoms with van der Waals surface area (Å²) >= 11 is 0. The summed E-state index contributed by atoms with van der Waals surface area (Å²) < 4.78 is 5.60. The first-order valence-corrected chi connectivity index (χ1v) is 7.22. The normalized spacial score (nSPS) is 13.7. The van der Waals surface area contributed by atoms with Crippen LogP contribution in [-0.4, -0.2) is 18.6 Å². The molecule has 0 spiro atoms. The Hall–Kier alpha value is -1.55. The van der Waals surface area contributed by atoms with Crippen molar-refractivity contribution < 1.29 is 9.53 Å². The summed E-state index contributed by atoms with van der Waals surface area (Å²) in [6.07, 6.45) is 2.02. The average molecular weight is 278 g/mol. The van der Waals surface area contributed by atoms with Crippen molar-refractivity contribution >= 4 is 5.91 Å². The monoisotopic (exact) mass is 278 g/mol. The van der Waals surface area contributed by atoms with Gasteiger partial charge in [0.1, 0.15) is 5.75 Å². The fraction of sp³-hybridized carbons (Fsp3) is 0.562. The number of ether oxygens (including phenoxy) is 1. The number of carbonyl (C=O) groups is 1. The minimum atomic E-state index is -0.119. The van der Waals surface area contributed by atoms with Crippen LogP contribution in [0.4, 0.5) is 0 Å². The van der Waals surface area contributed by atoms with E-state index in [4.69, 9.17) is 10.5 Å². The predicted molar refractivity (Wildman–Crippen MR) is 81.8 cm³/mol. The van der Waals surface area contributed by atoms with Gasteiger partial charge in [-0.25, -0.2) is 0 Å². The molecule has 0 bridgehead atoms. The third-order valence-corrected chi connectivity index (χ3v) is 3.14. The maximum absolute atomic E-state index is 11.8. The molecule has 0 saturated carbocycles. The molecule has 20 heavy (non-hydrogen) atoms. The van der Waals surface area contributed by atoms with Crippen LogP contribution in [0.3, 0.4) is 0 Å². The second-order valence-electron chi connectivity index (χ2n) is 5.38. The van der Waals surface area contributed by atoms with Gasteiger partial charge in [0.25, 0.3) is 5.91 Å². The summed E-state index contributed by atoms with van der Waals surface area (Å²) in [7, 11) is 0. The summed E-state index contributed by atoms with van der Waals surface area (Å²) in [5.41, 5.74) is 7.99. The lowest BCUT2D eigenvalue weighted by Crippen LogP contribution is -2.36. The van der Waals surface area contributed by atoms with Crippen LogP contribution in [0.15, 0.2) is 18.2 Å². The number of benzene rings is 1. The van der Waals surface area contributed by atoms with Crippen molar-refractivity contribution in [3.63, 3.8) is 0 Å². The second-order valence-corrected chi connectivity index (χ2v) is 5.38. The molecule has 1 aromatic carbocycles. The molecule has 0 saturated heterocycles. The van der Waals surface area contributed by atoms with Crippen molar-refractivity contribution in [1.29, 1.82) is 0 Å². The van der Waals surface area contributed by atoms with Gasteiger partial charge in [-0.3, -0.25) is 4.79 Å². The summed E-state index contributed by atoms with van der Waals surface area (Å²) in [6, 6.07) is 5.89. The maximum atomic E-state index is 11.8. The van der Waals surface area contributed by atoms with Crippen molar-refractivity contribution in [2.24, 2.45) is 5.73 Å². The van der Waals surface area contributed by atoms with E-state index in [1.54, 1.807) is 0 Å². The Labute approximate surface area is 121 Å². The molecular formula is C16H26N2O2. The van der Waals surface area contributed by atoms with Crippen LogP contribution in [0, 0.1) is 6.92 Å². The lowest BCUT2D eigenvalue weighted by molar-refractivity contribution is -0.123. The number of amides is 1. The van der Waals surface area contributed by atoms with Gasteiger partial charge in [0.05, 0.1) is 0 Å². The van der Waals surface area contributed by atoms with Crippen molar-refractivity contribution in [3.8, 4) is 5.75 Å². The number of hydrogen-bond acceptors (Lipinski definition) is 3. The quantitative estimate of drug-likeness (QED) is 0.806. The molecule has 2 atom stereocenters. The Morgan fingerprint density at radius 1 is 1.40 bits per heavy atom. The van der Waals surface area contributed by atoms with Gasteiger partial charge < -0.3 is 15.8 Å². The van der Waals surface area contributed by atoms with E-state index in [1.165, 1.54) is 0 Å². The lowest BCUT2D eigenvalue weighted by Gasteiger charge is -2.16. The fourth-order valence-electron chi connectivity index (χ4n) is 2.12. The minimum absolute atomic E-state index is 0.0246. The Morgan fingerprint density at radius 2 is 2.10 bits per heavy atom. The van der Waals surface area contributed by atoms with E-state index in [1.807, 2.05) is 39.0 Å². The number of rotatable bonds is 7. The summed E-state index contributed by atoms with van der Waals surface area (Å²) in [6.45, 7) is 8.04. The number of hydrogen-bond donors (Lipinski definition) is 2. The zero-order valence-corrected chi connectivity index (χ0v) is 12.9. The average Bonchev–Trinajstić information content (AvgIpc) is 2.37. The first-order valence-electron chi connectivity index (χ1n) is 7.22. The van der Waals surface area contributed by atoms with E-state index in [2.05, 4.69) is 12.2 Å². The first kappa shape index (κ1) is 16.5. The fourth-order valence-corrected chi connectivity index (χ4v) is 2.12. The summed E-state index contributed by atoms with van der Waals surface area (Å²) in [4.78, 5) is 11.8. The molecule has 1 amide bonds. The molecule has 3 N–H and O–H groups in total. The Kier molecular flexibility index (Phi) is 6.52. The highest BCUT2D eigenvalue weighted by atomic mass is 16.5. The van der Waals surface area contributed by atoms with Crippen LogP contribution in [-0.2, 0) is 4.79 Å². The molecule has 0 aromatic heterocycles. The van der Waals surface area contributed by atoms with Crippen LogP contribution in [0.2, 0.25) is 0 Å². The van der Waals surface area contributed by atoms with Crippen LogP contribution in [0.1, 0.15) is 50.8 Å². The highest BCUT2D eigenvalue weighted by Gasteiger charge is 2.11. The van der Waals surface area contributed by atoms with E-state index >= 15 is 0 Å². The van der Waals surface area contributed by atoms with Crippen molar-refractivity contribution in [2.45, 2.75) is 52.6 Å². The zero-order valence-electron chi connectivity index (χ0n) is 12.9. The van der Waals surface area contributed by atoms with Crippen LogP contribution >= 0.6 is 0 Å².